The Hall–Kier alpha value is -2.99. The van der Waals surface area contributed by atoms with Gasteiger partial charge in [0, 0.05) is 27.6 Å². The smallest absolute Gasteiger partial charge is 0.336 e. The minimum Gasteiger partial charge on any atom is -0.508 e. The second-order valence-electron chi connectivity index (χ2n) is 6.75. The highest BCUT2D eigenvalue weighted by Crippen LogP contribution is 2.31. The first-order valence-corrected chi connectivity index (χ1v) is 9.13. The van der Waals surface area contributed by atoms with Crippen molar-refractivity contribution in [2.75, 3.05) is 6.61 Å². The van der Waals surface area contributed by atoms with Crippen LogP contribution in [0.15, 0.2) is 45.6 Å². The molecule has 0 amide bonds. The molecule has 1 aromatic heterocycles. The molecule has 4 rings (SSSR count). The van der Waals surface area contributed by atoms with Crippen LogP contribution in [0.4, 0.5) is 0 Å². The second kappa shape index (κ2) is 7.20. The van der Waals surface area contributed by atoms with Gasteiger partial charge in [0.25, 0.3) is 0 Å². The molecule has 6 nitrogen and oxygen atoms in total. The zero-order chi connectivity index (χ0) is 19.8. The van der Waals surface area contributed by atoms with Crippen molar-refractivity contribution < 1.29 is 23.8 Å². The van der Waals surface area contributed by atoms with Gasteiger partial charge in [0.05, 0.1) is 5.92 Å². The predicted octanol–water partition coefficient (Wildman–Crippen LogP) is 3.75. The molecule has 1 atom stereocenters. The Kier molecular flexibility index (Phi) is 4.73. The number of rotatable bonds is 3. The Balaban J connectivity index is 1.53. The Labute approximate surface area is 165 Å². The van der Waals surface area contributed by atoms with Crippen LogP contribution in [0, 0.1) is 12.8 Å². The fraction of sp³-hybridized carbons (Fsp3) is 0.238. The van der Waals surface area contributed by atoms with Crippen LogP contribution in [-0.2, 0) is 22.6 Å². The minimum atomic E-state index is -0.572. The van der Waals surface area contributed by atoms with E-state index in [9.17, 15) is 14.7 Å². The summed E-state index contributed by atoms with van der Waals surface area (Å²) in [5.41, 5.74) is 1.54. The molecule has 28 heavy (non-hydrogen) atoms. The average molecular weight is 401 g/mol. The van der Waals surface area contributed by atoms with Gasteiger partial charge in [0.2, 0.25) is 0 Å². The molecule has 0 spiro atoms. The summed E-state index contributed by atoms with van der Waals surface area (Å²) in [7, 11) is 0. The normalized spacial score (nSPS) is 15.7. The van der Waals surface area contributed by atoms with Crippen LogP contribution in [-0.4, -0.2) is 17.7 Å². The molecule has 2 aromatic carbocycles. The van der Waals surface area contributed by atoms with Gasteiger partial charge in [-0.1, -0.05) is 11.6 Å². The molecule has 1 aliphatic heterocycles. The molecule has 0 bridgehead atoms. The van der Waals surface area contributed by atoms with Gasteiger partial charge in [0.15, 0.2) is 0 Å². The third kappa shape index (κ3) is 3.43. The number of fused-ring (bicyclic) bond motifs is 2. The van der Waals surface area contributed by atoms with E-state index in [0.717, 1.165) is 11.3 Å². The number of aromatic hydroxyl groups is 1. The van der Waals surface area contributed by atoms with Crippen molar-refractivity contribution in [3.05, 3.63) is 68.5 Å². The summed E-state index contributed by atoms with van der Waals surface area (Å²) in [6.45, 7) is 1.79. The maximum atomic E-state index is 12.5. The summed E-state index contributed by atoms with van der Waals surface area (Å²) < 4.78 is 16.3. The first kappa shape index (κ1) is 18.4. The Morgan fingerprint density at radius 3 is 2.93 bits per heavy atom. The maximum Gasteiger partial charge on any atom is 0.336 e. The van der Waals surface area contributed by atoms with Gasteiger partial charge in [0.1, 0.15) is 30.3 Å². The summed E-state index contributed by atoms with van der Waals surface area (Å²) in [5, 5.41) is 11.0. The largest absolute Gasteiger partial charge is 0.508 e. The summed E-state index contributed by atoms with van der Waals surface area (Å²) in [6, 6.07) is 9.74. The number of phenolic OH excluding ortho intramolecular Hbond substituents is 1. The monoisotopic (exact) mass is 400 g/mol. The lowest BCUT2D eigenvalue weighted by molar-refractivity contribution is -0.151. The number of aryl methyl sites for hydroxylation is 1. The second-order valence-corrected chi connectivity index (χ2v) is 7.19. The molecule has 1 aliphatic rings. The fourth-order valence-corrected chi connectivity index (χ4v) is 3.51. The molecule has 7 heteroatoms. The zero-order valence-electron chi connectivity index (χ0n) is 15.0. The third-order valence-electron chi connectivity index (χ3n) is 4.85. The summed E-state index contributed by atoms with van der Waals surface area (Å²) in [4.78, 5) is 24.4. The molecular formula is C21H17ClO6. The summed E-state index contributed by atoms with van der Waals surface area (Å²) in [6.07, 6.45) is 0.472. The van der Waals surface area contributed by atoms with E-state index in [1.807, 2.05) is 0 Å². The Bertz CT molecular complexity index is 1130. The van der Waals surface area contributed by atoms with Gasteiger partial charge in [-0.05, 0) is 49.2 Å². The molecule has 1 N–H and O–H groups in total. The molecular weight excluding hydrogens is 384 g/mol. The highest BCUT2D eigenvalue weighted by atomic mass is 35.5. The first-order chi connectivity index (χ1) is 13.4. The van der Waals surface area contributed by atoms with E-state index in [2.05, 4.69) is 0 Å². The van der Waals surface area contributed by atoms with E-state index in [0.29, 0.717) is 28.0 Å². The molecule has 0 unspecified atom stereocenters. The number of hydrogen-bond donors (Lipinski definition) is 1. The minimum absolute atomic E-state index is 0.0291. The summed E-state index contributed by atoms with van der Waals surface area (Å²) >= 11 is 6.01. The SMILES string of the molecule is Cc1c(O)ccc2c(COC(=O)[C@H]3COc4ccc(Cl)cc4C3)cc(=O)oc12. The molecule has 0 radical (unpaired) electrons. The maximum absolute atomic E-state index is 12.5. The number of carbonyl (C=O) groups excluding carboxylic acids is 1. The highest BCUT2D eigenvalue weighted by Gasteiger charge is 2.27. The Morgan fingerprint density at radius 1 is 1.29 bits per heavy atom. The van der Waals surface area contributed by atoms with Crippen LogP contribution in [0.5, 0.6) is 11.5 Å². The predicted molar refractivity (Wildman–Crippen MR) is 103 cm³/mol. The van der Waals surface area contributed by atoms with Crippen molar-refractivity contribution in [3.8, 4) is 11.5 Å². The molecule has 0 saturated carbocycles. The molecule has 144 valence electrons. The Morgan fingerprint density at radius 2 is 2.11 bits per heavy atom. The lowest BCUT2D eigenvalue weighted by atomic mass is 9.97. The van der Waals surface area contributed by atoms with Crippen molar-refractivity contribution >= 4 is 28.5 Å². The van der Waals surface area contributed by atoms with Gasteiger partial charge in [-0.25, -0.2) is 4.79 Å². The van der Waals surface area contributed by atoms with E-state index < -0.39 is 17.5 Å². The van der Waals surface area contributed by atoms with E-state index in [1.165, 1.54) is 12.1 Å². The zero-order valence-corrected chi connectivity index (χ0v) is 15.8. The van der Waals surface area contributed by atoms with Crippen LogP contribution >= 0.6 is 11.6 Å². The molecule has 2 heterocycles. The molecule has 3 aromatic rings. The first-order valence-electron chi connectivity index (χ1n) is 8.75. The molecule has 0 aliphatic carbocycles. The van der Waals surface area contributed by atoms with E-state index in [1.54, 1.807) is 31.2 Å². The number of hydrogen-bond acceptors (Lipinski definition) is 6. The highest BCUT2D eigenvalue weighted by molar-refractivity contribution is 6.30. The lowest BCUT2D eigenvalue weighted by Crippen LogP contribution is -2.29. The van der Waals surface area contributed by atoms with Gasteiger partial charge >= 0.3 is 11.6 Å². The van der Waals surface area contributed by atoms with Gasteiger partial charge in [-0.15, -0.1) is 0 Å². The van der Waals surface area contributed by atoms with E-state index >= 15 is 0 Å². The van der Waals surface area contributed by atoms with Gasteiger partial charge < -0.3 is 19.0 Å². The molecule has 0 saturated heterocycles. The standard InChI is InChI=1S/C21H17ClO6/c1-11-17(23)4-3-16-13(8-19(24)28-20(11)16)9-27-21(25)14-6-12-7-15(22)2-5-18(12)26-10-14/h2-5,7-8,14,23H,6,9-10H2,1H3/t14-/m1/s1. The number of halogens is 1. The van der Waals surface area contributed by atoms with Crippen LogP contribution in [0.25, 0.3) is 11.0 Å². The lowest BCUT2D eigenvalue weighted by Gasteiger charge is -2.24. The average Bonchev–Trinajstić information content (AvgIpc) is 2.68. The van der Waals surface area contributed by atoms with Crippen molar-refractivity contribution in [2.45, 2.75) is 20.0 Å². The third-order valence-corrected chi connectivity index (χ3v) is 5.09. The van der Waals surface area contributed by atoms with Crippen molar-refractivity contribution in [1.82, 2.24) is 0 Å². The topological polar surface area (TPSA) is 86.0 Å². The number of benzene rings is 2. The number of phenols is 1. The van der Waals surface area contributed by atoms with Crippen molar-refractivity contribution in [3.63, 3.8) is 0 Å². The molecule has 0 fully saturated rings. The summed E-state index contributed by atoms with van der Waals surface area (Å²) in [5.74, 6) is -0.123. The number of carbonyl (C=O) groups is 1. The van der Waals surface area contributed by atoms with E-state index in [-0.39, 0.29) is 24.5 Å². The van der Waals surface area contributed by atoms with Gasteiger partial charge in [-0.2, -0.15) is 0 Å². The van der Waals surface area contributed by atoms with Crippen molar-refractivity contribution in [2.24, 2.45) is 5.92 Å². The van der Waals surface area contributed by atoms with Crippen LogP contribution < -0.4 is 10.4 Å². The van der Waals surface area contributed by atoms with Crippen molar-refractivity contribution in [1.29, 1.82) is 0 Å². The quantitative estimate of drug-likeness (QED) is 0.532. The fourth-order valence-electron chi connectivity index (χ4n) is 3.32. The van der Waals surface area contributed by atoms with Crippen LogP contribution in [0.1, 0.15) is 16.7 Å². The van der Waals surface area contributed by atoms with E-state index in [4.69, 9.17) is 25.5 Å². The van der Waals surface area contributed by atoms with Crippen LogP contribution in [0.3, 0.4) is 0 Å². The van der Waals surface area contributed by atoms with Crippen LogP contribution in [0.2, 0.25) is 5.02 Å². The number of ether oxygens (including phenoxy) is 2. The number of esters is 1. The van der Waals surface area contributed by atoms with Gasteiger partial charge in [-0.3, -0.25) is 4.79 Å².